The van der Waals surface area contributed by atoms with Gasteiger partial charge >= 0.3 is 6.55 Å². The predicted molar refractivity (Wildman–Crippen MR) is 97.4 cm³/mol. The van der Waals surface area contributed by atoms with Crippen LogP contribution in [0.1, 0.15) is 28.4 Å². The zero-order valence-corrected chi connectivity index (χ0v) is 15.5. The summed E-state index contributed by atoms with van der Waals surface area (Å²) in [6, 6.07) is 7.26. The van der Waals surface area contributed by atoms with Crippen LogP contribution in [0.3, 0.4) is 0 Å². The maximum atomic E-state index is 12.9. The van der Waals surface area contributed by atoms with Crippen LogP contribution in [-0.4, -0.2) is 32.4 Å². The summed E-state index contributed by atoms with van der Waals surface area (Å²) in [5.74, 6) is 0.562. The van der Waals surface area contributed by atoms with E-state index in [2.05, 4.69) is 9.97 Å². The van der Waals surface area contributed by atoms with E-state index in [0.29, 0.717) is 11.3 Å². The van der Waals surface area contributed by atoms with Gasteiger partial charge in [-0.25, -0.2) is 9.97 Å². The summed E-state index contributed by atoms with van der Waals surface area (Å²) >= 11 is 3.05. The van der Waals surface area contributed by atoms with Crippen molar-refractivity contribution in [3.8, 4) is 0 Å². The van der Waals surface area contributed by atoms with Gasteiger partial charge in [0.05, 0.1) is 23.3 Å². The summed E-state index contributed by atoms with van der Waals surface area (Å²) in [4.78, 5) is 23.2. The number of hydrogen-bond donors (Lipinski definition) is 0. The maximum Gasteiger partial charge on any atom is 0.319 e. The van der Waals surface area contributed by atoms with Gasteiger partial charge in [0.25, 0.3) is 5.91 Å². The molecule has 0 radical (unpaired) electrons. The molecule has 0 unspecified atom stereocenters. The summed E-state index contributed by atoms with van der Waals surface area (Å²) in [5.41, 5.74) is 3.26. The van der Waals surface area contributed by atoms with Gasteiger partial charge in [0, 0.05) is 35.5 Å². The molecule has 2 aromatic heterocycles. The number of aromatic nitrogens is 3. The Bertz CT molecular complexity index is 867. The van der Waals surface area contributed by atoms with Crippen molar-refractivity contribution in [2.24, 2.45) is 0 Å². The topological polar surface area (TPSA) is 51.0 Å². The molecule has 0 aliphatic carbocycles. The van der Waals surface area contributed by atoms with Gasteiger partial charge < -0.3 is 4.90 Å². The van der Waals surface area contributed by atoms with E-state index in [-0.39, 0.29) is 18.3 Å². The Morgan fingerprint density at radius 1 is 1.35 bits per heavy atom. The molecule has 0 aliphatic heterocycles. The first-order valence-corrected chi connectivity index (χ1v) is 9.63. The predicted octanol–water partition coefficient (Wildman–Crippen LogP) is 4.30. The monoisotopic (exact) mass is 394 g/mol. The van der Waals surface area contributed by atoms with Crippen molar-refractivity contribution < 1.29 is 13.6 Å². The highest BCUT2D eigenvalue weighted by molar-refractivity contribution is 7.98. The SMILES string of the molecule is CN(Cc1nccn1C(F)F)C(=O)c1ccccc1SCc1cscn1. The van der Waals surface area contributed by atoms with Crippen LogP contribution >= 0.6 is 23.1 Å². The molecular weight excluding hydrogens is 378 g/mol. The highest BCUT2D eigenvalue weighted by atomic mass is 32.2. The second kappa shape index (κ2) is 8.41. The zero-order valence-electron chi connectivity index (χ0n) is 13.9. The smallest absolute Gasteiger partial charge is 0.319 e. The summed E-state index contributed by atoms with van der Waals surface area (Å²) in [6.45, 7) is -2.68. The summed E-state index contributed by atoms with van der Waals surface area (Å²) in [6.07, 6.45) is 2.51. The van der Waals surface area contributed by atoms with Crippen LogP contribution in [0.15, 0.2) is 52.4 Å². The number of rotatable bonds is 7. The van der Waals surface area contributed by atoms with E-state index in [0.717, 1.165) is 15.2 Å². The molecule has 0 spiro atoms. The molecule has 0 saturated carbocycles. The lowest BCUT2D eigenvalue weighted by molar-refractivity contribution is 0.0611. The molecule has 3 aromatic rings. The third-order valence-electron chi connectivity index (χ3n) is 3.66. The van der Waals surface area contributed by atoms with Crippen LogP contribution < -0.4 is 0 Å². The van der Waals surface area contributed by atoms with Crippen molar-refractivity contribution in [1.29, 1.82) is 0 Å². The Morgan fingerprint density at radius 3 is 2.88 bits per heavy atom. The normalized spacial score (nSPS) is 11.1. The van der Waals surface area contributed by atoms with E-state index in [9.17, 15) is 13.6 Å². The number of carbonyl (C=O) groups excluding carboxylic acids is 1. The molecular formula is C17H16F2N4OS2. The van der Waals surface area contributed by atoms with Gasteiger partial charge in [0.2, 0.25) is 0 Å². The molecule has 0 bridgehead atoms. The van der Waals surface area contributed by atoms with E-state index in [1.807, 2.05) is 17.5 Å². The number of halogens is 2. The quantitative estimate of drug-likeness (QED) is 0.561. The number of alkyl halides is 2. The second-order valence-corrected chi connectivity index (χ2v) is 7.19. The van der Waals surface area contributed by atoms with E-state index in [4.69, 9.17) is 0 Å². The Kier molecular flexibility index (Phi) is 6.00. The van der Waals surface area contributed by atoms with Gasteiger partial charge in [-0.15, -0.1) is 23.1 Å². The first-order chi connectivity index (χ1) is 12.6. The highest BCUT2D eigenvalue weighted by Crippen LogP contribution is 2.27. The fraction of sp³-hybridized carbons (Fsp3) is 0.235. The lowest BCUT2D eigenvalue weighted by Crippen LogP contribution is -2.28. The third kappa shape index (κ3) is 4.28. The fourth-order valence-corrected chi connectivity index (χ4v) is 3.97. The largest absolute Gasteiger partial charge is 0.334 e. The number of carbonyl (C=O) groups is 1. The van der Waals surface area contributed by atoms with Crippen LogP contribution in [-0.2, 0) is 12.3 Å². The third-order valence-corrected chi connectivity index (χ3v) is 5.40. The molecule has 1 aromatic carbocycles. The molecule has 0 atom stereocenters. The van der Waals surface area contributed by atoms with Gasteiger partial charge in [0.15, 0.2) is 0 Å². The van der Waals surface area contributed by atoms with Gasteiger partial charge in [-0.1, -0.05) is 12.1 Å². The first kappa shape index (κ1) is 18.5. The van der Waals surface area contributed by atoms with Crippen LogP contribution in [0, 0.1) is 0 Å². The van der Waals surface area contributed by atoms with Crippen molar-refractivity contribution in [2.75, 3.05) is 7.05 Å². The van der Waals surface area contributed by atoms with Crippen molar-refractivity contribution in [3.05, 3.63) is 64.6 Å². The maximum absolute atomic E-state index is 12.9. The van der Waals surface area contributed by atoms with Crippen molar-refractivity contribution in [1.82, 2.24) is 19.4 Å². The van der Waals surface area contributed by atoms with E-state index >= 15 is 0 Å². The van der Waals surface area contributed by atoms with Crippen molar-refractivity contribution in [3.63, 3.8) is 0 Å². The Balaban J connectivity index is 1.73. The van der Waals surface area contributed by atoms with Crippen molar-refractivity contribution in [2.45, 2.75) is 23.7 Å². The number of amides is 1. The van der Waals surface area contributed by atoms with E-state index < -0.39 is 6.55 Å². The highest BCUT2D eigenvalue weighted by Gasteiger charge is 2.19. The van der Waals surface area contributed by atoms with Crippen LogP contribution in [0.2, 0.25) is 0 Å². The molecule has 9 heteroatoms. The summed E-state index contributed by atoms with van der Waals surface area (Å²) in [5, 5.41) is 1.97. The number of hydrogen-bond acceptors (Lipinski definition) is 5. The van der Waals surface area contributed by atoms with E-state index in [1.165, 1.54) is 40.4 Å². The molecule has 136 valence electrons. The molecule has 26 heavy (non-hydrogen) atoms. The minimum atomic E-state index is -2.68. The average molecular weight is 394 g/mol. The van der Waals surface area contributed by atoms with Crippen LogP contribution in [0.5, 0.6) is 0 Å². The molecule has 5 nitrogen and oxygen atoms in total. The number of benzene rings is 1. The Labute approximate surface area is 157 Å². The van der Waals surface area contributed by atoms with Crippen molar-refractivity contribution >= 4 is 29.0 Å². The Hall–Kier alpha value is -2.26. The lowest BCUT2D eigenvalue weighted by atomic mass is 10.2. The van der Waals surface area contributed by atoms with Gasteiger partial charge in [-0.3, -0.25) is 9.36 Å². The van der Waals surface area contributed by atoms with E-state index in [1.54, 1.807) is 24.7 Å². The summed E-state index contributed by atoms with van der Waals surface area (Å²) in [7, 11) is 1.58. The molecule has 0 saturated heterocycles. The lowest BCUT2D eigenvalue weighted by Gasteiger charge is -2.19. The van der Waals surface area contributed by atoms with Gasteiger partial charge in [-0.2, -0.15) is 8.78 Å². The first-order valence-electron chi connectivity index (χ1n) is 7.70. The van der Waals surface area contributed by atoms with Gasteiger partial charge in [0.1, 0.15) is 5.82 Å². The molecule has 1 amide bonds. The molecule has 0 N–H and O–H groups in total. The summed E-state index contributed by atoms with van der Waals surface area (Å²) < 4.78 is 26.6. The minimum Gasteiger partial charge on any atom is -0.334 e. The number of thiazole rings is 1. The molecule has 2 heterocycles. The molecule has 0 fully saturated rings. The number of imidazole rings is 1. The zero-order chi connectivity index (χ0) is 18.5. The molecule has 3 rings (SSSR count). The standard InChI is InChI=1S/C17H16F2N4OS2/c1-22(8-15-20-6-7-23(15)17(18)19)16(24)13-4-2-3-5-14(13)26-10-12-9-25-11-21-12/h2-7,9,11,17H,8,10H2,1H3. The fourth-order valence-electron chi connectivity index (χ4n) is 2.36. The average Bonchev–Trinajstić information content (AvgIpc) is 3.31. The Morgan fingerprint density at radius 2 is 2.15 bits per heavy atom. The molecule has 0 aliphatic rings. The number of thioether (sulfide) groups is 1. The minimum absolute atomic E-state index is 0.00125. The van der Waals surface area contributed by atoms with Crippen LogP contribution in [0.25, 0.3) is 0 Å². The number of nitrogens with zero attached hydrogens (tertiary/aromatic N) is 4. The second-order valence-electron chi connectivity index (χ2n) is 5.45. The van der Waals surface area contributed by atoms with Crippen LogP contribution in [0.4, 0.5) is 8.78 Å². The van der Waals surface area contributed by atoms with Gasteiger partial charge in [-0.05, 0) is 12.1 Å².